The van der Waals surface area contributed by atoms with Crippen molar-refractivity contribution in [2.75, 3.05) is 0 Å². The molecular formula is C10H6FNOS. The first-order valence-corrected chi connectivity index (χ1v) is 4.83. The van der Waals surface area contributed by atoms with Gasteiger partial charge in [-0.05, 0) is 6.07 Å². The lowest BCUT2D eigenvalue weighted by Gasteiger charge is -2.01. The Morgan fingerprint density at radius 1 is 1.43 bits per heavy atom. The summed E-state index contributed by atoms with van der Waals surface area (Å²) in [6, 6.07) is 4.56. The molecular weight excluding hydrogens is 201 g/mol. The fourth-order valence-corrected chi connectivity index (χ4v) is 1.88. The lowest BCUT2D eigenvalue weighted by atomic mass is 10.1. The second-order valence-electron chi connectivity index (χ2n) is 2.68. The molecule has 0 unspecified atom stereocenters. The molecule has 0 radical (unpaired) electrons. The van der Waals surface area contributed by atoms with E-state index in [0.717, 1.165) is 4.88 Å². The Hall–Kier alpha value is -1.55. The van der Waals surface area contributed by atoms with Crippen LogP contribution in [0.4, 0.5) is 4.39 Å². The molecule has 2 rings (SSSR count). The van der Waals surface area contributed by atoms with Crippen molar-refractivity contribution in [3.8, 4) is 10.4 Å². The minimum atomic E-state index is -0.495. The molecule has 2 aromatic rings. The highest BCUT2D eigenvalue weighted by Gasteiger charge is 2.09. The normalized spacial score (nSPS) is 10.1. The van der Waals surface area contributed by atoms with Crippen LogP contribution >= 0.6 is 11.3 Å². The maximum atomic E-state index is 13.2. The van der Waals surface area contributed by atoms with Gasteiger partial charge in [-0.2, -0.15) is 0 Å². The van der Waals surface area contributed by atoms with Gasteiger partial charge in [0.15, 0.2) is 6.29 Å². The van der Waals surface area contributed by atoms with Crippen molar-refractivity contribution >= 4 is 17.6 Å². The first-order chi connectivity index (χ1) is 6.83. The zero-order valence-corrected chi connectivity index (χ0v) is 7.92. The van der Waals surface area contributed by atoms with Crippen LogP contribution in [0.3, 0.4) is 0 Å². The molecule has 0 fully saturated rings. The van der Waals surface area contributed by atoms with Crippen LogP contribution in [0.1, 0.15) is 10.4 Å². The molecule has 1 aromatic heterocycles. The highest BCUT2D eigenvalue weighted by atomic mass is 32.1. The Labute approximate surface area is 84.0 Å². The monoisotopic (exact) mass is 207 g/mol. The first-order valence-electron chi connectivity index (χ1n) is 3.95. The largest absolute Gasteiger partial charge is 0.298 e. The van der Waals surface area contributed by atoms with Gasteiger partial charge in [-0.1, -0.05) is 12.1 Å². The van der Waals surface area contributed by atoms with Gasteiger partial charge in [0.1, 0.15) is 5.82 Å². The van der Waals surface area contributed by atoms with Gasteiger partial charge >= 0.3 is 0 Å². The summed E-state index contributed by atoms with van der Waals surface area (Å²) in [7, 11) is 0. The molecule has 0 amide bonds. The van der Waals surface area contributed by atoms with Crippen LogP contribution in [0.2, 0.25) is 0 Å². The summed E-state index contributed by atoms with van der Waals surface area (Å²) in [5.41, 5.74) is 2.34. The van der Waals surface area contributed by atoms with Crippen LogP contribution in [-0.4, -0.2) is 11.3 Å². The van der Waals surface area contributed by atoms with Crippen LogP contribution in [0, 0.1) is 5.82 Å². The highest BCUT2D eigenvalue weighted by molar-refractivity contribution is 7.13. The first kappa shape index (κ1) is 9.02. The molecule has 1 heterocycles. The number of benzene rings is 1. The summed E-state index contributed by atoms with van der Waals surface area (Å²) in [5, 5.41) is 0. The average Bonchev–Trinajstić information content (AvgIpc) is 2.70. The predicted molar refractivity (Wildman–Crippen MR) is 52.9 cm³/mol. The SMILES string of the molecule is O=Cc1c(F)cccc1-c1cncs1. The number of aldehydes is 1. The second kappa shape index (κ2) is 3.67. The summed E-state index contributed by atoms with van der Waals surface area (Å²) in [5.74, 6) is -0.495. The topological polar surface area (TPSA) is 30.0 Å². The number of halogens is 1. The Morgan fingerprint density at radius 3 is 2.93 bits per heavy atom. The van der Waals surface area contributed by atoms with E-state index in [9.17, 15) is 9.18 Å². The van der Waals surface area contributed by atoms with Crippen LogP contribution < -0.4 is 0 Å². The molecule has 0 aliphatic heterocycles. The van der Waals surface area contributed by atoms with Gasteiger partial charge in [-0.25, -0.2) is 4.39 Å². The van der Waals surface area contributed by atoms with Gasteiger partial charge in [0.25, 0.3) is 0 Å². The van der Waals surface area contributed by atoms with E-state index in [1.54, 1.807) is 23.8 Å². The number of carbonyl (C=O) groups is 1. The third-order valence-corrected chi connectivity index (χ3v) is 2.67. The standard InChI is InChI=1S/C10H6FNOS/c11-9-3-1-2-7(8(9)5-13)10-4-12-6-14-10/h1-6H. The van der Waals surface area contributed by atoms with E-state index in [-0.39, 0.29) is 5.56 Å². The molecule has 0 saturated heterocycles. The molecule has 0 saturated carbocycles. The molecule has 70 valence electrons. The number of hydrogen-bond acceptors (Lipinski definition) is 3. The number of thiazole rings is 1. The van der Waals surface area contributed by atoms with E-state index in [0.29, 0.717) is 11.8 Å². The van der Waals surface area contributed by atoms with Gasteiger partial charge in [-0.15, -0.1) is 11.3 Å². The molecule has 0 bridgehead atoms. The van der Waals surface area contributed by atoms with Gasteiger partial charge in [0.2, 0.25) is 0 Å². The van der Waals surface area contributed by atoms with Crippen LogP contribution in [0.15, 0.2) is 29.9 Å². The summed E-state index contributed by atoms with van der Waals surface area (Å²) >= 11 is 1.38. The van der Waals surface area contributed by atoms with Gasteiger partial charge in [0, 0.05) is 11.8 Å². The fourth-order valence-electron chi connectivity index (χ4n) is 1.22. The second-order valence-corrected chi connectivity index (χ2v) is 3.57. The van der Waals surface area contributed by atoms with Crippen molar-refractivity contribution in [3.05, 3.63) is 41.3 Å². The highest BCUT2D eigenvalue weighted by Crippen LogP contribution is 2.27. The quantitative estimate of drug-likeness (QED) is 0.709. The Bertz CT molecular complexity index is 453. The molecule has 1 aromatic carbocycles. The van der Waals surface area contributed by atoms with Crippen LogP contribution in [0.25, 0.3) is 10.4 Å². The van der Waals surface area contributed by atoms with Crippen molar-refractivity contribution < 1.29 is 9.18 Å². The Kier molecular flexibility index (Phi) is 2.37. The van der Waals surface area contributed by atoms with Crippen LogP contribution in [-0.2, 0) is 0 Å². The maximum Gasteiger partial charge on any atom is 0.153 e. The number of rotatable bonds is 2. The molecule has 0 spiro atoms. The molecule has 2 nitrogen and oxygen atoms in total. The third kappa shape index (κ3) is 1.44. The van der Waals surface area contributed by atoms with E-state index in [2.05, 4.69) is 4.98 Å². The number of carbonyl (C=O) groups excluding carboxylic acids is 1. The van der Waals surface area contributed by atoms with Gasteiger partial charge in [0.05, 0.1) is 16.0 Å². The van der Waals surface area contributed by atoms with E-state index < -0.39 is 5.82 Å². The zero-order valence-electron chi connectivity index (χ0n) is 7.11. The van der Waals surface area contributed by atoms with Crippen molar-refractivity contribution in [2.24, 2.45) is 0 Å². The number of aromatic nitrogens is 1. The summed E-state index contributed by atoms with van der Waals surface area (Å²) in [6.45, 7) is 0. The zero-order chi connectivity index (χ0) is 9.97. The number of hydrogen-bond donors (Lipinski definition) is 0. The van der Waals surface area contributed by atoms with Crippen molar-refractivity contribution in [1.29, 1.82) is 0 Å². The average molecular weight is 207 g/mol. The molecule has 4 heteroatoms. The Morgan fingerprint density at radius 2 is 2.29 bits per heavy atom. The van der Waals surface area contributed by atoms with Gasteiger partial charge < -0.3 is 0 Å². The minimum Gasteiger partial charge on any atom is -0.298 e. The molecule has 14 heavy (non-hydrogen) atoms. The maximum absolute atomic E-state index is 13.2. The van der Waals surface area contributed by atoms with Crippen molar-refractivity contribution in [2.45, 2.75) is 0 Å². The smallest absolute Gasteiger partial charge is 0.153 e. The lowest BCUT2D eigenvalue weighted by Crippen LogP contribution is -1.90. The Balaban J connectivity index is 2.64. The van der Waals surface area contributed by atoms with E-state index in [4.69, 9.17) is 0 Å². The van der Waals surface area contributed by atoms with Crippen LogP contribution in [0.5, 0.6) is 0 Å². The van der Waals surface area contributed by atoms with Crippen molar-refractivity contribution in [1.82, 2.24) is 4.98 Å². The van der Waals surface area contributed by atoms with E-state index in [1.807, 2.05) is 0 Å². The molecule has 0 N–H and O–H groups in total. The molecule has 0 aliphatic carbocycles. The summed E-state index contributed by atoms with van der Waals surface area (Å²) < 4.78 is 13.2. The van der Waals surface area contributed by atoms with E-state index >= 15 is 0 Å². The lowest BCUT2D eigenvalue weighted by molar-refractivity contribution is 0.112. The third-order valence-electron chi connectivity index (χ3n) is 1.87. The predicted octanol–water partition coefficient (Wildman–Crippen LogP) is 2.76. The molecule has 0 atom stereocenters. The number of nitrogens with zero attached hydrogens (tertiary/aromatic N) is 1. The summed E-state index contributed by atoms with van der Waals surface area (Å²) in [6.07, 6.45) is 2.15. The fraction of sp³-hybridized carbons (Fsp3) is 0. The van der Waals surface area contributed by atoms with E-state index in [1.165, 1.54) is 17.4 Å². The summed E-state index contributed by atoms with van der Waals surface area (Å²) in [4.78, 5) is 15.4. The van der Waals surface area contributed by atoms with Crippen molar-refractivity contribution in [3.63, 3.8) is 0 Å². The molecule has 0 aliphatic rings. The van der Waals surface area contributed by atoms with Gasteiger partial charge in [-0.3, -0.25) is 9.78 Å². The minimum absolute atomic E-state index is 0.0942.